The summed E-state index contributed by atoms with van der Waals surface area (Å²) in [5.41, 5.74) is 1.50. The maximum absolute atomic E-state index is 11.2. The second kappa shape index (κ2) is 5.27. The molecule has 1 aromatic carbocycles. The molecule has 0 aliphatic carbocycles. The van der Waals surface area contributed by atoms with E-state index >= 15 is 0 Å². The first kappa shape index (κ1) is 12.6. The number of hydrogen-bond donors (Lipinski definition) is 3. The van der Waals surface area contributed by atoms with E-state index in [-0.39, 0.29) is 12.5 Å². The molecule has 1 saturated heterocycles. The van der Waals surface area contributed by atoms with Crippen LogP contribution in [0.5, 0.6) is 5.75 Å². The van der Waals surface area contributed by atoms with E-state index < -0.39 is 0 Å². The zero-order valence-corrected chi connectivity index (χ0v) is 11.2. The molecule has 3 rings (SSSR count). The lowest BCUT2D eigenvalue weighted by Crippen LogP contribution is -2.35. The van der Waals surface area contributed by atoms with Crippen molar-refractivity contribution in [2.75, 3.05) is 30.3 Å². The quantitative estimate of drug-likeness (QED) is 0.774. The minimum absolute atomic E-state index is 0.0570. The van der Waals surface area contributed by atoms with E-state index in [9.17, 15) is 4.79 Å². The molecule has 1 aromatic rings. The Kier molecular flexibility index (Phi) is 3.48. The van der Waals surface area contributed by atoms with Crippen LogP contribution < -0.4 is 20.7 Å². The molecule has 102 valence electrons. The first-order valence-electron chi connectivity index (χ1n) is 6.46. The van der Waals surface area contributed by atoms with Crippen LogP contribution in [0.4, 0.5) is 11.4 Å². The fourth-order valence-electron chi connectivity index (χ4n) is 2.40. The van der Waals surface area contributed by atoms with Crippen molar-refractivity contribution in [1.29, 1.82) is 0 Å². The maximum Gasteiger partial charge on any atom is 0.262 e. The molecule has 0 aromatic heterocycles. The van der Waals surface area contributed by atoms with Gasteiger partial charge in [0.25, 0.3) is 5.91 Å². The summed E-state index contributed by atoms with van der Waals surface area (Å²) in [7, 11) is 0. The van der Waals surface area contributed by atoms with Gasteiger partial charge in [-0.2, -0.15) is 0 Å². The Morgan fingerprint density at radius 2 is 2.11 bits per heavy atom. The van der Waals surface area contributed by atoms with Crippen molar-refractivity contribution in [2.45, 2.75) is 18.9 Å². The predicted molar refractivity (Wildman–Crippen MR) is 75.1 cm³/mol. The summed E-state index contributed by atoms with van der Waals surface area (Å²) in [6.45, 7) is 2.10. The number of benzene rings is 1. The fraction of sp³-hybridized carbons (Fsp3) is 0.462. The summed E-state index contributed by atoms with van der Waals surface area (Å²) in [5, 5.41) is 10.1. The molecule has 0 radical (unpaired) electrons. The first-order valence-corrected chi connectivity index (χ1v) is 6.83. The van der Waals surface area contributed by atoms with Gasteiger partial charge in [0.05, 0.1) is 16.4 Å². The Labute approximate surface area is 116 Å². The van der Waals surface area contributed by atoms with Crippen molar-refractivity contribution in [3.05, 3.63) is 17.2 Å². The molecule has 2 aliphatic heterocycles. The van der Waals surface area contributed by atoms with E-state index in [1.807, 2.05) is 6.07 Å². The molecule has 0 saturated carbocycles. The van der Waals surface area contributed by atoms with Crippen LogP contribution in [-0.2, 0) is 4.79 Å². The van der Waals surface area contributed by atoms with Crippen LogP contribution in [0.25, 0.3) is 0 Å². The van der Waals surface area contributed by atoms with Gasteiger partial charge in [-0.3, -0.25) is 4.79 Å². The zero-order chi connectivity index (χ0) is 13.2. The smallest absolute Gasteiger partial charge is 0.262 e. The van der Waals surface area contributed by atoms with Gasteiger partial charge in [0.15, 0.2) is 6.61 Å². The number of ether oxygens (including phenoxy) is 1. The SMILES string of the molecule is O=C1COc2cc(NC3CCNCC3)c(Cl)cc2N1. The fourth-order valence-corrected chi connectivity index (χ4v) is 2.62. The summed E-state index contributed by atoms with van der Waals surface area (Å²) >= 11 is 6.24. The third-order valence-corrected chi connectivity index (χ3v) is 3.71. The van der Waals surface area contributed by atoms with Crippen molar-refractivity contribution >= 4 is 28.9 Å². The molecular formula is C13H16ClN3O2. The maximum atomic E-state index is 11.2. The highest BCUT2D eigenvalue weighted by Crippen LogP contribution is 2.36. The second-order valence-corrected chi connectivity index (χ2v) is 5.24. The monoisotopic (exact) mass is 281 g/mol. The van der Waals surface area contributed by atoms with E-state index in [2.05, 4.69) is 16.0 Å². The number of fused-ring (bicyclic) bond motifs is 1. The van der Waals surface area contributed by atoms with Crippen LogP contribution in [-0.4, -0.2) is 31.6 Å². The van der Waals surface area contributed by atoms with Gasteiger partial charge in [0.1, 0.15) is 5.75 Å². The lowest BCUT2D eigenvalue weighted by atomic mass is 10.1. The number of hydrogen-bond acceptors (Lipinski definition) is 4. The lowest BCUT2D eigenvalue weighted by molar-refractivity contribution is -0.118. The highest BCUT2D eigenvalue weighted by Gasteiger charge is 2.20. The van der Waals surface area contributed by atoms with Crippen LogP contribution in [0.2, 0.25) is 5.02 Å². The molecule has 0 unspecified atom stereocenters. The Morgan fingerprint density at radius 3 is 2.89 bits per heavy atom. The number of carbonyl (C=O) groups is 1. The number of halogens is 1. The summed E-state index contributed by atoms with van der Waals surface area (Å²) in [5.74, 6) is 0.517. The topological polar surface area (TPSA) is 62.4 Å². The molecule has 0 bridgehead atoms. The molecule has 0 atom stereocenters. The van der Waals surface area contributed by atoms with E-state index in [0.29, 0.717) is 22.5 Å². The van der Waals surface area contributed by atoms with Gasteiger partial charge in [-0.1, -0.05) is 11.6 Å². The molecular weight excluding hydrogens is 266 g/mol. The highest BCUT2D eigenvalue weighted by atomic mass is 35.5. The third kappa shape index (κ3) is 2.77. The van der Waals surface area contributed by atoms with Crippen LogP contribution in [0.1, 0.15) is 12.8 Å². The summed E-state index contributed by atoms with van der Waals surface area (Å²) < 4.78 is 5.40. The number of rotatable bonds is 2. The summed E-state index contributed by atoms with van der Waals surface area (Å²) in [4.78, 5) is 11.2. The van der Waals surface area contributed by atoms with Gasteiger partial charge in [-0.05, 0) is 32.0 Å². The predicted octanol–water partition coefficient (Wildman–Crippen LogP) is 1.83. The van der Waals surface area contributed by atoms with E-state index in [1.165, 1.54) is 0 Å². The van der Waals surface area contributed by atoms with Crippen LogP contribution in [0, 0.1) is 0 Å². The molecule has 2 heterocycles. The molecule has 2 aliphatic rings. The van der Waals surface area contributed by atoms with Crippen molar-refractivity contribution in [3.8, 4) is 5.75 Å². The van der Waals surface area contributed by atoms with Gasteiger partial charge in [-0.15, -0.1) is 0 Å². The Balaban J connectivity index is 1.80. The minimum Gasteiger partial charge on any atom is -0.482 e. The number of anilines is 2. The van der Waals surface area contributed by atoms with Crippen LogP contribution in [0.3, 0.4) is 0 Å². The number of amides is 1. The Bertz CT molecular complexity index is 501. The molecule has 1 fully saturated rings. The molecule has 1 amide bonds. The van der Waals surface area contributed by atoms with E-state index in [4.69, 9.17) is 16.3 Å². The molecule has 19 heavy (non-hydrogen) atoms. The van der Waals surface area contributed by atoms with Gasteiger partial charge < -0.3 is 20.7 Å². The van der Waals surface area contributed by atoms with E-state index in [1.54, 1.807) is 6.07 Å². The molecule has 6 heteroatoms. The third-order valence-electron chi connectivity index (χ3n) is 3.40. The number of nitrogens with one attached hydrogen (secondary N) is 3. The molecule has 0 spiro atoms. The normalized spacial score (nSPS) is 19.3. The summed E-state index contributed by atoms with van der Waals surface area (Å²) in [6.07, 6.45) is 2.15. The van der Waals surface area contributed by atoms with Crippen LogP contribution >= 0.6 is 11.6 Å². The lowest BCUT2D eigenvalue weighted by Gasteiger charge is -2.26. The standard InChI is InChI=1S/C13H16ClN3O2/c14-9-5-11-12(19-7-13(18)17-11)6-10(9)16-8-1-3-15-4-2-8/h5-6,8,15-16H,1-4,7H2,(H,17,18). The van der Waals surface area contributed by atoms with Crippen LogP contribution in [0.15, 0.2) is 12.1 Å². The number of piperidine rings is 1. The second-order valence-electron chi connectivity index (χ2n) is 4.83. The van der Waals surface area contributed by atoms with E-state index in [0.717, 1.165) is 31.6 Å². The molecule has 5 nitrogen and oxygen atoms in total. The van der Waals surface area contributed by atoms with Gasteiger partial charge in [-0.25, -0.2) is 0 Å². The van der Waals surface area contributed by atoms with Crippen molar-refractivity contribution in [1.82, 2.24) is 5.32 Å². The largest absolute Gasteiger partial charge is 0.482 e. The van der Waals surface area contributed by atoms with Crippen molar-refractivity contribution < 1.29 is 9.53 Å². The minimum atomic E-state index is -0.150. The molecule has 3 N–H and O–H groups in total. The van der Waals surface area contributed by atoms with Gasteiger partial charge in [0.2, 0.25) is 0 Å². The Hall–Kier alpha value is -1.46. The van der Waals surface area contributed by atoms with Gasteiger partial charge >= 0.3 is 0 Å². The Morgan fingerprint density at radius 1 is 1.32 bits per heavy atom. The van der Waals surface area contributed by atoms with Crippen molar-refractivity contribution in [2.24, 2.45) is 0 Å². The average molecular weight is 282 g/mol. The van der Waals surface area contributed by atoms with Gasteiger partial charge in [0, 0.05) is 12.1 Å². The highest BCUT2D eigenvalue weighted by molar-refractivity contribution is 6.33. The summed E-state index contributed by atoms with van der Waals surface area (Å²) in [6, 6.07) is 4.02. The first-order chi connectivity index (χ1) is 9.22. The average Bonchev–Trinajstić information content (AvgIpc) is 2.41. The number of carbonyl (C=O) groups excluding carboxylic acids is 1. The van der Waals surface area contributed by atoms with Crippen molar-refractivity contribution in [3.63, 3.8) is 0 Å². The zero-order valence-electron chi connectivity index (χ0n) is 10.5.